The van der Waals surface area contributed by atoms with Crippen LogP contribution in [0.4, 0.5) is 0 Å². The molecule has 2 aromatic carbocycles. The molecule has 2 unspecified atom stereocenters. The maximum absolute atomic E-state index is 10.3. The molecule has 3 aromatic rings. The number of ether oxygens (including phenoxy) is 3. The zero-order valence-corrected chi connectivity index (χ0v) is 18.1. The fraction of sp³-hybridized carbons (Fsp3) is 0.417. The van der Waals surface area contributed by atoms with Gasteiger partial charge in [-0.15, -0.1) is 0 Å². The number of furan rings is 1. The van der Waals surface area contributed by atoms with Gasteiger partial charge in [0.05, 0.1) is 12.7 Å². The normalized spacial score (nSPS) is 28.8. The third kappa shape index (κ3) is 4.03. The molecule has 0 bridgehead atoms. The summed E-state index contributed by atoms with van der Waals surface area (Å²) < 4.78 is 22.9. The van der Waals surface area contributed by atoms with E-state index in [-0.39, 0.29) is 18.1 Å². The summed E-state index contributed by atoms with van der Waals surface area (Å²) >= 11 is 0. The van der Waals surface area contributed by atoms with Crippen LogP contribution in [-0.4, -0.2) is 68.4 Å². The minimum Gasteiger partial charge on any atom is -0.508 e. The largest absolute Gasteiger partial charge is 0.508 e. The summed E-state index contributed by atoms with van der Waals surface area (Å²) in [5.74, 6) is 1.21. The quantitative estimate of drug-likeness (QED) is 0.396. The van der Waals surface area contributed by atoms with Crippen LogP contribution in [0.15, 0.2) is 40.8 Å². The van der Waals surface area contributed by atoms with Gasteiger partial charge in [0, 0.05) is 29.5 Å². The number of phenolic OH excluding ortho intramolecular Hbond substituents is 1. The highest BCUT2D eigenvalue weighted by Crippen LogP contribution is 2.39. The smallest absolute Gasteiger partial charge is 0.228 e. The summed E-state index contributed by atoms with van der Waals surface area (Å²) in [5, 5.41) is 50.9. The maximum Gasteiger partial charge on any atom is 0.228 e. The van der Waals surface area contributed by atoms with Crippen molar-refractivity contribution >= 4 is 11.0 Å². The highest BCUT2D eigenvalue weighted by Gasteiger charge is 2.39. The zero-order valence-electron chi connectivity index (χ0n) is 18.1. The number of fused-ring (bicyclic) bond motifs is 2. The molecule has 5 rings (SSSR count). The van der Waals surface area contributed by atoms with Crippen molar-refractivity contribution in [2.24, 2.45) is 0 Å². The van der Waals surface area contributed by atoms with Crippen molar-refractivity contribution in [3.8, 4) is 28.6 Å². The average molecular weight is 458 g/mol. The van der Waals surface area contributed by atoms with E-state index in [1.54, 1.807) is 12.1 Å². The lowest BCUT2D eigenvalue weighted by Crippen LogP contribution is -2.54. The molecule has 9 nitrogen and oxygen atoms in total. The van der Waals surface area contributed by atoms with Crippen molar-refractivity contribution in [2.75, 3.05) is 6.61 Å². The van der Waals surface area contributed by atoms with Crippen LogP contribution in [0.25, 0.3) is 22.3 Å². The third-order valence-corrected chi connectivity index (χ3v) is 6.17. The van der Waals surface area contributed by atoms with Gasteiger partial charge < -0.3 is 44.2 Å². The highest BCUT2D eigenvalue weighted by atomic mass is 16.7. The first-order valence-electron chi connectivity index (χ1n) is 10.7. The first kappa shape index (κ1) is 22.0. The van der Waals surface area contributed by atoms with Crippen LogP contribution in [0.2, 0.25) is 0 Å². The SMILES string of the molecule is CC1(C)Oc2cc3oc(-c4cc(O)cc(OC5OC[C@@H](O)[C@H](O)[C@H]5O)c4)cc3cc2CC1O. The second kappa shape index (κ2) is 7.89. The number of phenols is 1. The Morgan fingerprint density at radius 1 is 0.970 bits per heavy atom. The Labute approximate surface area is 189 Å². The molecule has 0 amide bonds. The van der Waals surface area contributed by atoms with Gasteiger partial charge in [0.1, 0.15) is 52.5 Å². The van der Waals surface area contributed by atoms with Gasteiger partial charge in [-0.1, -0.05) is 0 Å². The molecular weight excluding hydrogens is 432 g/mol. The van der Waals surface area contributed by atoms with Crippen molar-refractivity contribution < 1.29 is 44.2 Å². The second-order valence-corrected chi connectivity index (χ2v) is 9.12. The van der Waals surface area contributed by atoms with Crippen LogP contribution >= 0.6 is 0 Å². The molecule has 176 valence electrons. The second-order valence-electron chi connectivity index (χ2n) is 9.12. The van der Waals surface area contributed by atoms with Crippen molar-refractivity contribution in [3.63, 3.8) is 0 Å². The number of aliphatic hydroxyl groups excluding tert-OH is 4. The van der Waals surface area contributed by atoms with Gasteiger partial charge >= 0.3 is 0 Å². The van der Waals surface area contributed by atoms with Gasteiger partial charge in [0.2, 0.25) is 6.29 Å². The van der Waals surface area contributed by atoms with Gasteiger partial charge in [0.25, 0.3) is 0 Å². The number of benzene rings is 2. The maximum atomic E-state index is 10.3. The van der Waals surface area contributed by atoms with Gasteiger partial charge in [-0.25, -0.2) is 0 Å². The van der Waals surface area contributed by atoms with Crippen LogP contribution < -0.4 is 9.47 Å². The monoisotopic (exact) mass is 458 g/mol. The van der Waals surface area contributed by atoms with Gasteiger partial charge in [0.15, 0.2) is 0 Å². The zero-order chi connectivity index (χ0) is 23.5. The van der Waals surface area contributed by atoms with Gasteiger partial charge in [-0.2, -0.15) is 0 Å². The molecule has 0 saturated carbocycles. The van der Waals surface area contributed by atoms with Crippen LogP contribution in [0.3, 0.4) is 0 Å². The number of rotatable bonds is 3. The average Bonchev–Trinajstić information content (AvgIpc) is 3.16. The Bertz CT molecular complexity index is 1180. The molecule has 2 aliphatic rings. The minimum absolute atomic E-state index is 0.0960. The molecule has 0 aliphatic carbocycles. The lowest BCUT2D eigenvalue weighted by molar-refractivity contribution is -0.242. The first-order chi connectivity index (χ1) is 15.6. The van der Waals surface area contributed by atoms with Crippen molar-refractivity contribution in [3.05, 3.63) is 42.0 Å². The Morgan fingerprint density at radius 2 is 1.76 bits per heavy atom. The molecule has 1 saturated heterocycles. The Morgan fingerprint density at radius 3 is 2.55 bits per heavy atom. The van der Waals surface area contributed by atoms with Crippen LogP contribution in [-0.2, 0) is 11.2 Å². The highest BCUT2D eigenvalue weighted by molar-refractivity contribution is 5.85. The Hall–Kier alpha value is -2.82. The number of aliphatic hydroxyl groups is 4. The summed E-state index contributed by atoms with van der Waals surface area (Å²) in [7, 11) is 0. The van der Waals surface area contributed by atoms with E-state index in [0.717, 1.165) is 10.9 Å². The summed E-state index contributed by atoms with van der Waals surface area (Å²) in [4.78, 5) is 0. The molecule has 1 fully saturated rings. The van der Waals surface area contributed by atoms with E-state index in [0.29, 0.717) is 29.1 Å². The van der Waals surface area contributed by atoms with Crippen LogP contribution in [0, 0.1) is 0 Å². The first-order valence-corrected chi connectivity index (χ1v) is 10.7. The molecule has 1 aromatic heterocycles. The minimum atomic E-state index is -1.46. The molecule has 2 aliphatic heterocycles. The third-order valence-electron chi connectivity index (χ3n) is 6.17. The number of hydrogen-bond acceptors (Lipinski definition) is 9. The van der Waals surface area contributed by atoms with E-state index in [9.17, 15) is 25.5 Å². The van der Waals surface area contributed by atoms with Crippen LogP contribution in [0.1, 0.15) is 19.4 Å². The summed E-state index contributed by atoms with van der Waals surface area (Å²) in [5.41, 5.74) is 1.28. The number of aromatic hydroxyl groups is 1. The summed E-state index contributed by atoms with van der Waals surface area (Å²) in [6.45, 7) is 3.47. The molecule has 5 atom stereocenters. The van der Waals surface area contributed by atoms with E-state index in [2.05, 4.69) is 0 Å². The molecule has 5 N–H and O–H groups in total. The fourth-order valence-electron chi connectivity index (χ4n) is 4.13. The molecule has 3 heterocycles. The molecule has 0 radical (unpaired) electrons. The molecular formula is C24H26O9. The summed E-state index contributed by atoms with van der Waals surface area (Å²) in [6, 6.07) is 9.97. The van der Waals surface area contributed by atoms with Crippen molar-refractivity contribution in [2.45, 2.75) is 56.6 Å². The molecule has 9 heteroatoms. The van der Waals surface area contributed by atoms with Crippen molar-refractivity contribution in [1.29, 1.82) is 0 Å². The Balaban J connectivity index is 1.45. The molecule has 33 heavy (non-hydrogen) atoms. The van der Waals surface area contributed by atoms with Gasteiger partial charge in [-0.05, 0) is 43.7 Å². The van der Waals surface area contributed by atoms with Crippen LogP contribution in [0.5, 0.6) is 17.2 Å². The lowest BCUT2D eigenvalue weighted by Gasteiger charge is -2.36. The predicted octanol–water partition coefficient (Wildman–Crippen LogP) is 1.70. The Kier molecular flexibility index (Phi) is 5.26. The number of hydrogen-bond donors (Lipinski definition) is 5. The van der Waals surface area contributed by atoms with E-state index in [1.165, 1.54) is 12.1 Å². The fourth-order valence-corrected chi connectivity index (χ4v) is 4.13. The summed E-state index contributed by atoms with van der Waals surface area (Å²) in [6.07, 6.45) is -5.46. The lowest BCUT2D eigenvalue weighted by atomic mass is 9.90. The van der Waals surface area contributed by atoms with E-state index < -0.39 is 36.3 Å². The van der Waals surface area contributed by atoms with E-state index in [1.807, 2.05) is 26.0 Å². The predicted molar refractivity (Wildman–Crippen MR) is 116 cm³/mol. The topological polar surface area (TPSA) is 142 Å². The molecule has 0 spiro atoms. The van der Waals surface area contributed by atoms with E-state index in [4.69, 9.17) is 18.6 Å². The standard InChI is InChI=1S/C24H26O9/c1-24(2)20(27)7-12-3-11-6-17(32-18(11)9-19(12)33-24)13-4-14(25)8-15(5-13)31-23-22(29)21(28)16(26)10-30-23/h3-6,8-9,16,20-23,25-29H,7,10H2,1-2H3/t16-,20?,21+,22-,23?/m1/s1. The van der Waals surface area contributed by atoms with E-state index >= 15 is 0 Å². The van der Waals surface area contributed by atoms with Gasteiger partial charge in [-0.3, -0.25) is 0 Å². The van der Waals surface area contributed by atoms with Crippen molar-refractivity contribution in [1.82, 2.24) is 0 Å².